The first-order chi connectivity index (χ1) is 14.9. The van der Waals surface area contributed by atoms with Crippen LogP contribution in [0.5, 0.6) is 0 Å². The number of benzene rings is 2. The Morgan fingerprint density at radius 2 is 1.94 bits per heavy atom. The highest BCUT2D eigenvalue weighted by Crippen LogP contribution is 2.42. The highest BCUT2D eigenvalue weighted by Gasteiger charge is 2.34. The Kier molecular flexibility index (Phi) is 8.02. The Bertz CT molecular complexity index is 898. The number of carbonyl (C=O) groups excluding carboxylic acids is 2. The molecule has 3 rings (SSSR count). The number of hydrogen-bond donors (Lipinski definition) is 1. The van der Waals surface area contributed by atoms with Crippen molar-refractivity contribution in [2.45, 2.75) is 44.9 Å². The van der Waals surface area contributed by atoms with Gasteiger partial charge >= 0.3 is 0 Å². The lowest BCUT2D eigenvalue weighted by molar-refractivity contribution is -0.120. The molecule has 31 heavy (non-hydrogen) atoms. The van der Waals surface area contributed by atoms with Crippen molar-refractivity contribution < 1.29 is 9.59 Å². The van der Waals surface area contributed by atoms with Crippen molar-refractivity contribution in [3.8, 4) is 0 Å². The second-order valence-corrected chi connectivity index (χ2v) is 9.27. The molecule has 0 bridgehead atoms. The number of carbonyl (C=O) groups is 2. The molecule has 2 amide bonds. The molecular weight excluding hydrogens is 406 g/mol. The van der Waals surface area contributed by atoms with E-state index < -0.39 is 0 Å². The lowest BCUT2D eigenvalue weighted by atomic mass is 9.98. The summed E-state index contributed by atoms with van der Waals surface area (Å²) in [6.45, 7) is 4.21. The van der Waals surface area contributed by atoms with Crippen molar-refractivity contribution in [1.29, 1.82) is 0 Å². The van der Waals surface area contributed by atoms with E-state index in [0.29, 0.717) is 5.75 Å². The summed E-state index contributed by atoms with van der Waals surface area (Å²) in [5.41, 5.74) is 3.80. The summed E-state index contributed by atoms with van der Waals surface area (Å²) in [7, 11) is 4.00. The number of nitrogens with zero attached hydrogens (tertiary/aromatic N) is 2. The Morgan fingerprint density at radius 3 is 2.58 bits per heavy atom. The lowest BCUT2D eigenvalue weighted by Crippen LogP contribution is -2.28. The van der Waals surface area contributed by atoms with Gasteiger partial charge in [0, 0.05) is 37.1 Å². The fraction of sp³-hybridized carbons (Fsp3) is 0.440. The molecule has 166 valence electrons. The zero-order chi connectivity index (χ0) is 22.4. The van der Waals surface area contributed by atoms with E-state index in [1.54, 1.807) is 11.8 Å². The Labute approximate surface area is 190 Å². The highest BCUT2D eigenvalue weighted by molar-refractivity contribution is 8.00. The van der Waals surface area contributed by atoms with E-state index in [4.69, 9.17) is 0 Å². The topological polar surface area (TPSA) is 52.7 Å². The van der Waals surface area contributed by atoms with Gasteiger partial charge in [0.25, 0.3) is 0 Å². The van der Waals surface area contributed by atoms with Crippen LogP contribution < -0.4 is 15.1 Å². The number of nitrogens with one attached hydrogen (secondary N) is 1. The van der Waals surface area contributed by atoms with Gasteiger partial charge in [0.15, 0.2) is 0 Å². The number of unbranched alkanes of at least 4 members (excludes halogenated alkanes) is 1. The van der Waals surface area contributed by atoms with Crippen LogP contribution in [0.4, 0.5) is 17.1 Å². The maximum absolute atomic E-state index is 12.7. The third kappa shape index (κ3) is 5.62. The van der Waals surface area contributed by atoms with Crippen LogP contribution in [0.3, 0.4) is 0 Å². The monoisotopic (exact) mass is 439 g/mol. The molecule has 2 atom stereocenters. The van der Waals surface area contributed by atoms with Crippen LogP contribution in [0.2, 0.25) is 0 Å². The fourth-order valence-corrected chi connectivity index (χ4v) is 5.01. The summed E-state index contributed by atoms with van der Waals surface area (Å²) >= 11 is 1.62. The van der Waals surface area contributed by atoms with Gasteiger partial charge in [-0.3, -0.25) is 14.5 Å². The molecule has 0 aliphatic carbocycles. The van der Waals surface area contributed by atoms with Crippen molar-refractivity contribution in [2.24, 2.45) is 5.92 Å². The van der Waals surface area contributed by atoms with Crippen LogP contribution in [-0.2, 0) is 9.59 Å². The maximum atomic E-state index is 12.7. The predicted molar refractivity (Wildman–Crippen MR) is 132 cm³/mol. The molecule has 6 heteroatoms. The molecule has 1 fully saturated rings. The van der Waals surface area contributed by atoms with Crippen molar-refractivity contribution in [3.05, 3.63) is 54.1 Å². The second-order valence-electron chi connectivity index (χ2n) is 8.20. The van der Waals surface area contributed by atoms with E-state index in [-0.39, 0.29) is 23.1 Å². The second kappa shape index (κ2) is 10.7. The Hall–Kier alpha value is -2.47. The summed E-state index contributed by atoms with van der Waals surface area (Å²) in [5.74, 6) is 0.677. The molecule has 0 spiro atoms. The minimum atomic E-state index is -0.100. The van der Waals surface area contributed by atoms with Crippen molar-refractivity contribution in [2.75, 3.05) is 35.0 Å². The van der Waals surface area contributed by atoms with E-state index in [1.807, 2.05) is 72.4 Å². The third-order valence-corrected chi connectivity index (χ3v) is 6.93. The van der Waals surface area contributed by atoms with Gasteiger partial charge in [-0.15, -0.1) is 11.8 Å². The summed E-state index contributed by atoms with van der Waals surface area (Å²) in [6.07, 6.45) is 3.92. The van der Waals surface area contributed by atoms with Crippen LogP contribution in [0.25, 0.3) is 0 Å². The highest BCUT2D eigenvalue weighted by atomic mass is 32.2. The van der Waals surface area contributed by atoms with Crippen LogP contribution in [0.15, 0.2) is 48.5 Å². The fourth-order valence-electron chi connectivity index (χ4n) is 3.85. The molecule has 1 aliphatic heterocycles. The van der Waals surface area contributed by atoms with Gasteiger partial charge in [-0.2, -0.15) is 0 Å². The van der Waals surface area contributed by atoms with Crippen LogP contribution in [0.1, 0.15) is 50.5 Å². The van der Waals surface area contributed by atoms with Crippen molar-refractivity contribution in [1.82, 2.24) is 0 Å². The Balaban J connectivity index is 1.78. The van der Waals surface area contributed by atoms with Gasteiger partial charge in [0.1, 0.15) is 5.37 Å². The number of amides is 2. The molecule has 0 aromatic heterocycles. The Morgan fingerprint density at radius 1 is 1.19 bits per heavy atom. The van der Waals surface area contributed by atoms with E-state index >= 15 is 0 Å². The van der Waals surface area contributed by atoms with Gasteiger partial charge < -0.3 is 10.2 Å². The average molecular weight is 440 g/mol. The standard InChI is InChI=1S/C25H33N3O2S/c1-5-7-9-18(6-2)24(30)26-20-11-8-10-19(16-20)25-28(23(29)17-31-25)22-14-12-21(13-15-22)27(3)4/h8,10-16,18,25H,5-7,9,17H2,1-4H3,(H,26,30)/t18-,25-/m1/s1. The molecule has 1 aliphatic rings. The summed E-state index contributed by atoms with van der Waals surface area (Å²) in [5, 5.41) is 2.99. The SMILES string of the molecule is CCCC[C@@H](CC)C(=O)Nc1cccc([C@H]2SCC(=O)N2c2ccc(N(C)C)cc2)c1. The van der Waals surface area contributed by atoms with E-state index in [1.165, 1.54) is 0 Å². The summed E-state index contributed by atoms with van der Waals surface area (Å²) in [6, 6.07) is 16.0. The lowest BCUT2D eigenvalue weighted by Gasteiger charge is -2.25. The molecular formula is C25H33N3O2S. The van der Waals surface area contributed by atoms with Crippen LogP contribution >= 0.6 is 11.8 Å². The number of hydrogen-bond acceptors (Lipinski definition) is 4. The molecule has 0 saturated carbocycles. The average Bonchev–Trinajstić information content (AvgIpc) is 3.16. The molecule has 2 aromatic rings. The molecule has 0 radical (unpaired) electrons. The molecule has 1 saturated heterocycles. The van der Waals surface area contributed by atoms with Gasteiger partial charge in [-0.1, -0.05) is 38.8 Å². The van der Waals surface area contributed by atoms with Gasteiger partial charge in [0.2, 0.25) is 11.8 Å². The van der Waals surface area contributed by atoms with Crippen molar-refractivity contribution >= 4 is 40.6 Å². The molecule has 1 N–H and O–H groups in total. The number of thioether (sulfide) groups is 1. The first-order valence-electron chi connectivity index (χ1n) is 11.1. The zero-order valence-corrected chi connectivity index (χ0v) is 19.7. The minimum Gasteiger partial charge on any atom is -0.378 e. The van der Waals surface area contributed by atoms with Crippen LogP contribution in [0, 0.1) is 5.92 Å². The van der Waals surface area contributed by atoms with E-state index in [2.05, 4.69) is 19.2 Å². The summed E-state index contributed by atoms with van der Waals surface area (Å²) < 4.78 is 0. The quantitative estimate of drug-likeness (QED) is 0.546. The molecule has 5 nitrogen and oxygen atoms in total. The first kappa shape index (κ1) is 23.2. The third-order valence-electron chi connectivity index (χ3n) is 5.72. The van der Waals surface area contributed by atoms with Crippen LogP contribution in [-0.4, -0.2) is 31.7 Å². The first-order valence-corrected chi connectivity index (χ1v) is 12.1. The van der Waals surface area contributed by atoms with E-state index in [0.717, 1.165) is 48.3 Å². The smallest absolute Gasteiger partial charge is 0.238 e. The predicted octanol–water partition coefficient (Wildman–Crippen LogP) is 5.69. The van der Waals surface area contributed by atoms with Gasteiger partial charge in [-0.25, -0.2) is 0 Å². The molecule has 1 heterocycles. The molecule has 0 unspecified atom stereocenters. The molecule has 2 aromatic carbocycles. The largest absolute Gasteiger partial charge is 0.378 e. The van der Waals surface area contributed by atoms with Gasteiger partial charge in [-0.05, 0) is 54.8 Å². The number of rotatable bonds is 9. The summed E-state index contributed by atoms with van der Waals surface area (Å²) in [4.78, 5) is 29.3. The normalized spacial score (nSPS) is 17.0. The minimum absolute atomic E-state index is 0.0396. The van der Waals surface area contributed by atoms with E-state index in [9.17, 15) is 9.59 Å². The van der Waals surface area contributed by atoms with Gasteiger partial charge in [0.05, 0.1) is 5.75 Å². The maximum Gasteiger partial charge on any atom is 0.238 e. The zero-order valence-electron chi connectivity index (χ0n) is 18.9. The van der Waals surface area contributed by atoms with Crippen molar-refractivity contribution in [3.63, 3.8) is 0 Å². The number of anilines is 3.